The van der Waals surface area contributed by atoms with Crippen LogP contribution in [0.15, 0.2) is 6.20 Å². The summed E-state index contributed by atoms with van der Waals surface area (Å²) in [4.78, 5) is 3.59. The monoisotopic (exact) mass is 250 g/mol. The molecule has 5 heteroatoms. The first-order valence-electron chi connectivity index (χ1n) is 3.66. The summed E-state index contributed by atoms with van der Waals surface area (Å²) in [5, 5.41) is 0.465. The Kier molecular flexibility index (Phi) is 3.19. The summed E-state index contributed by atoms with van der Waals surface area (Å²) < 4.78 is 24.6. The second-order valence-electron chi connectivity index (χ2n) is 2.65. The maximum absolute atomic E-state index is 12.3. The Bertz CT molecular complexity index is 315. The molecular formula is C8H9BrF2N2. The van der Waals surface area contributed by atoms with Gasteiger partial charge in [0.2, 0.25) is 0 Å². The number of nitrogen functional groups attached to an aromatic ring is 1. The number of alkyl halides is 3. The number of anilines is 1. The van der Waals surface area contributed by atoms with Crippen molar-refractivity contribution in [1.29, 1.82) is 0 Å². The number of nitrogens with zero attached hydrogens (tertiary/aromatic N) is 1. The molecule has 72 valence electrons. The lowest BCUT2D eigenvalue weighted by Crippen LogP contribution is -2.04. The van der Waals surface area contributed by atoms with Crippen LogP contribution in [-0.4, -0.2) is 4.98 Å². The van der Waals surface area contributed by atoms with Gasteiger partial charge in [0.25, 0.3) is 6.43 Å². The SMILES string of the molecule is Cc1cnc(C(F)F)c(N)c1CBr. The van der Waals surface area contributed by atoms with Crippen molar-refractivity contribution in [2.45, 2.75) is 18.7 Å². The highest BCUT2D eigenvalue weighted by atomic mass is 79.9. The zero-order chi connectivity index (χ0) is 10.0. The Morgan fingerprint density at radius 3 is 2.69 bits per heavy atom. The lowest BCUT2D eigenvalue weighted by molar-refractivity contribution is 0.147. The molecule has 0 amide bonds. The van der Waals surface area contributed by atoms with Crippen LogP contribution in [0.1, 0.15) is 23.2 Å². The number of aromatic nitrogens is 1. The fourth-order valence-corrected chi connectivity index (χ4v) is 1.78. The van der Waals surface area contributed by atoms with E-state index in [9.17, 15) is 8.78 Å². The predicted molar refractivity (Wildman–Crippen MR) is 51.0 cm³/mol. The molecule has 0 bridgehead atoms. The fraction of sp³-hybridized carbons (Fsp3) is 0.375. The standard InChI is InChI=1S/C8H9BrF2N2/c1-4-3-13-7(8(10)11)6(12)5(4)2-9/h3,8H,2,12H2,1H3. The van der Waals surface area contributed by atoms with Gasteiger partial charge in [-0.1, -0.05) is 15.9 Å². The Morgan fingerprint density at radius 1 is 1.62 bits per heavy atom. The van der Waals surface area contributed by atoms with Gasteiger partial charge in [-0.15, -0.1) is 0 Å². The van der Waals surface area contributed by atoms with Gasteiger partial charge in [-0.05, 0) is 18.1 Å². The van der Waals surface area contributed by atoms with E-state index in [1.54, 1.807) is 6.92 Å². The zero-order valence-electron chi connectivity index (χ0n) is 7.02. The minimum absolute atomic E-state index is 0.0897. The molecule has 0 spiro atoms. The van der Waals surface area contributed by atoms with Crippen LogP contribution in [0.3, 0.4) is 0 Å². The van der Waals surface area contributed by atoms with Crippen LogP contribution in [-0.2, 0) is 5.33 Å². The summed E-state index contributed by atoms with van der Waals surface area (Å²) in [7, 11) is 0. The highest BCUT2D eigenvalue weighted by Crippen LogP contribution is 2.28. The Balaban J connectivity index is 3.27. The van der Waals surface area contributed by atoms with Crippen molar-refractivity contribution in [3.63, 3.8) is 0 Å². The van der Waals surface area contributed by atoms with Crippen LogP contribution in [0.5, 0.6) is 0 Å². The summed E-state index contributed by atoms with van der Waals surface area (Å²) >= 11 is 3.19. The average molecular weight is 251 g/mol. The summed E-state index contributed by atoms with van der Waals surface area (Å²) in [6, 6.07) is 0. The number of hydrogen-bond donors (Lipinski definition) is 1. The van der Waals surface area contributed by atoms with E-state index >= 15 is 0 Å². The highest BCUT2D eigenvalue weighted by Gasteiger charge is 2.16. The molecule has 0 saturated carbocycles. The molecule has 0 aliphatic heterocycles. The molecule has 0 radical (unpaired) electrons. The third-order valence-electron chi connectivity index (χ3n) is 1.81. The number of aryl methyl sites for hydroxylation is 1. The van der Waals surface area contributed by atoms with Gasteiger partial charge in [-0.3, -0.25) is 4.98 Å². The van der Waals surface area contributed by atoms with Gasteiger partial charge in [0.1, 0.15) is 5.69 Å². The minimum atomic E-state index is -2.61. The Hall–Kier alpha value is -0.710. The predicted octanol–water partition coefficient (Wildman–Crippen LogP) is 2.80. The van der Waals surface area contributed by atoms with E-state index < -0.39 is 6.43 Å². The third kappa shape index (κ3) is 1.96. The lowest BCUT2D eigenvalue weighted by Gasteiger charge is -2.09. The van der Waals surface area contributed by atoms with E-state index in [0.29, 0.717) is 10.9 Å². The van der Waals surface area contributed by atoms with Crippen LogP contribution in [0.25, 0.3) is 0 Å². The van der Waals surface area contributed by atoms with E-state index in [2.05, 4.69) is 20.9 Å². The van der Waals surface area contributed by atoms with E-state index in [1.807, 2.05) is 0 Å². The molecule has 0 aliphatic rings. The number of rotatable bonds is 2. The van der Waals surface area contributed by atoms with Crippen molar-refractivity contribution < 1.29 is 8.78 Å². The lowest BCUT2D eigenvalue weighted by atomic mass is 10.1. The number of nitrogens with two attached hydrogens (primary N) is 1. The average Bonchev–Trinajstić information content (AvgIpc) is 2.04. The molecule has 0 fully saturated rings. The molecule has 13 heavy (non-hydrogen) atoms. The highest BCUT2D eigenvalue weighted by molar-refractivity contribution is 9.08. The summed E-state index contributed by atoms with van der Waals surface area (Å²) in [5.74, 6) is 0. The summed E-state index contributed by atoms with van der Waals surface area (Å²) in [6.45, 7) is 1.79. The molecule has 1 rings (SSSR count). The smallest absolute Gasteiger partial charge is 0.282 e. The Labute approximate surface area is 83.3 Å². The van der Waals surface area contributed by atoms with E-state index in [4.69, 9.17) is 5.73 Å². The van der Waals surface area contributed by atoms with Gasteiger partial charge < -0.3 is 5.73 Å². The van der Waals surface area contributed by atoms with Crippen molar-refractivity contribution in [3.8, 4) is 0 Å². The van der Waals surface area contributed by atoms with Crippen LogP contribution in [0.4, 0.5) is 14.5 Å². The van der Waals surface area contributed by atoms with Crippen LogP contribution < -0.4 is 5.73 Å². The molecular weight excluding hydrogens is 242 g/mol. The fourth-order valence-electron chi connectivity index (χ4n) is 1.03. The molecule has 0 unspecified atom stereocenters. The molecule has 0 aliphatic carbocycles. The van der Waals surface area contributed by atoms with E-state index in [0.717, 1.165) is 5.56 Å². The normalized spacial score (nSPS) is 10.8. The molecule has 1 aromatic heterocycles. The molecule has 1 aromatic rings. The number of hydrogen-bond acceptors (Lipinski definition) is 2. The van der Waals surface area contributed by atoms with Crippen LogP contribution in [0.2, 0.25) is 0 Å². The van der Waals surface area contributed by atoms with Gasteiger partial charge in [-0.2, -0.15) is 0 Å². The molecule has 0 saturated heterocycles. The van der Waals surface area contributed by atoms with Crippen molar-refractivity contribution >= 4 is 21.6 Å². The second kappa shape index (κ2) is 4.00. The topological polar surface area (TPSA) is 38.9 Å². The van der Waals surface area contributed by atoms with Gasteiger partial charge in [0, 0.05) is 11.5 Å². The molecule has 0 atom stereocenters. The number of pyridine rings is 1. The third-order valence-corrected chi connectivity index (χ3v) is 2.38. The molecule has 1 heterocycles. The van der Waals surface area contributed by atoms with E-state index in [1.165, 1.54) is 6.20 Å². The minimum Gasteiger partial charge on any atom is -0.397 e. The largest absolute Gasteiger partial charge is 0.397 e. The first kappa shape index (κ1) is 10.4. The van der Waals surface area contributed by atoms with Gasteiger partial charge in [0.15, 0.2) is 0 Å². The maximum Gasteiger partial charge on any atom is 0.282 e. The van der Waals surface area contributed by atoms with Crippen molar-refractivity contribution in [3.05, 3.63) is 23.0 Å². The first-order chi connectivity index (χ1) is 6.07. The van der Waals surface area contributed by atoms with Crippen LogP contribution in [0, 0.1) is 6.92 Å². The van der Waals surface area contributed by atoms with Crippen molar-refractivity contribution in [1.82, 2.24) is 4.98 Å². The van der Waals surface area contributed by atoms with Crippen LogP contribution >= 0.6 is 15.9 Å². The summed E-state index contributed by atoms with van der Waals surface area (Å²) in [6.07, 6.45) is -1.20. The quantitative estimate of drug-likeness (QED) is 0.821. The maximum atomic E-state index is 12.3. The molecule has 2 nitrogen and oxygen atoms in total. The van der Waals surface area contributed by atoms with E-state index in [-0.39, 0.29) is 11.4 Å². The summed E-state index contributed by atoms with van der Waals surface area (Å²) in [5.41, 5.74) is 6.78. The molecule has 2 N–H and O–H groups in total. The van der Waals surface area contributed by atoms with Gasteiger partial charge in [-0.25, -0.2) is 8.78 Å². The first-order valence-corrected chi connectivity index (χ1v) is 4.78. The van der Waals surface area contributed by atoms with Crippen molar-refractivity contribution in [2.75, 3.05) is 5.73 Å². The number of halogens is 3. The Morgan fingerprint density at radius 2 is 2.23 bits per heavy atom. The van der Waals surface area contributed by atoms with Gasteiger partial charge in [0.05, 0.1) is 5.69 Å². The van der Waals surface area contributed by atoms with Crippen molar-refractivity contribution in [2.24, 2.45) is 0 Å². The molecule has 0 aromatic carbocycles. The zero-order valence-corrected chi connectivity index (χ0v) is 8.61. The van der Waals surface area contributed by atoms with Gasteiger partial charge >= 0.3 is 0 Å². The second-order valence-corrected chi connectivity index (χ2v) is 3.21.